The zero-order valence-corrected chi connectivity index (χ0v) is 11.1. The molecule has 96 valence electrons. The van der Waals surface area contributed by atoms with E-state index >= 15 is 0 Å². The summed E-state index contributed by atoms with van der Waals surface area (Å²) in [5.41, 5.74) is 1.83. The first-order valence-corrected chi connectivity index (χ1v) is 7.28. The number of aryl methyl sites for hydroxylation is 1. The average molecular weight is 257 g/mol. The Labute approximate surface area is 103 Å². The van der Waals surface area contributed by atoms with E-state index in [-0.39, 0.29) is 18.8 Å². The van der Waals surface area contributed by atoms with E-state index in [4.69, 9.17) is 5.11 Å². The molecule has 0 bridgehead atoms. The van der Waals surface area contributed by atoms with E-state index in [1.807, 2.05) is 12.1 Å². The normalized spacial score (nSPS) is 11.5. The minimum absolute atomic E-state index is 0.0322. The van der Waals surface area contributed by atoms with Crippen molar-refractivity contribution in [2.45, 2.75) is 19.8 Å². The number of aliphatic hydroxyl groups is 1. The maximum absolute atomic E-state index is 11.9. The molecule has 1 aromatic rings. The maximum atomic E-state index is 11.9. The van der Waals surface area contributed by atoms with E-state index in [1.54, 1.807) is 12.1 Å². The van der Waals surface area contributed by atoms with E-state index < -0.39 is 10.0 Å². The lowest BCUT2D eigenvalue weighted by Gasteiger charge is -2.19. The molecule has 1 aromatic carbocycles. The van der Waals surface area contributed by atoms with E-state index in [1.165, 1.54) is 16.9 Å². The maximum Gasteiger partial charge on any atom is 0.234 e. The predicted octanol–water partition coefficient (Wildman–Crippen LogP) is 1.40. The Morgan fingerprint density at radius 3 is 2.29 bits per heavy atom. The number of rotatable bonds is 6. The SMILES string of the molecule is CCc1ccc(N(C)S(=O)(=O)CCCO)cc1. The molecule has 0 aliphatic rings. The average Bonchev–Trinajstić information content (AvgIpc) is 2.35. The molecule has 1 rings (SSSR count). The summed E-state index contributed by atoms with van der Waals surface area (Å²) in [6, 6.07) is 7.45. The van der Waals surface area contributed by atoms with Crippen molar-refractivity contribution in [1.29, 1.82) is 0 Å². The molecule has 0 saturated carbocycles. The Kier molecular flexibility index (Phi) is 4.96. The number of aliphatic hydroxyl groups excluding tert-OH is 1. The van der Waals surface area contributed by atoms with Gasteiger partial charge in [-0.1, -0.05) is 19.1 Å². The smallest absolute Gasteiger partial charge is 0.234 e. The van der Waals surface area contributed by atoms with Gasteiger partial charge >= 0.3 is 0 Å². The van der Waals surface area contributed by atoms with Crippen molar-refractivity contribution in [3.05, 3.63) is 29.8 Å². The lowest BCUT2D eigenvalue weighted by molar-refractivity contribution is 0.295. The zero-order chi connectivity index (χ0) is 12.9. The van der Waals surface area contributed by atoms with E-state index in [2.05, 4.69) is 6.92 Å². The van der Waals surface area contributed by atoms with Gasteiger partial charge in [0.05, 0.1) is 11.4 Å². The molecule has 0 saturated heterocycles. The fourth-order valence-corrected chi connectivity index (χ4v) is 2.70. The summed E-state index contributed by atoms with van der Waals surface area (Å²) >= 11 is 0. The van der Waals surface area contributed by atoms with Crippen LogP contribution in [0.3, 0.4) is 0 Å². The van der Waals surface area contributed by atoms with Gasteiger partial charge in [0, 0.05) is 13.7 Å². The van der Waals surface area contributed by atoms with Crippen molar-refractivity contribution in [2.75, 3.05) is 23.7 Å². The van der Waals surface area contributed by atoms with Gasteiger partial charge in [0.1, 0.15) is 0 Å². The first kappa shape index (κ1) is 14.0. The van der Waals surface area contributed by atoms with Gasteiger partial charge in [0.2, 0.25) is 10.0 Å². The summed E-state index contributed by atoms with van der Waals surface area (Å²) in [5, 5.41) is 8.67. The predicted molar refractivity (Wildman–Crippen MR) is 69.7 cm³/mol. The van der Waals surface area contributed by atoms with Crippen molar-refractivity contribution in [2.24, 2.45) is 0 Å². The van der Waals surface area contributed by atoms with Crippen LogP contribution in [0, 0.1) is 0 Å². The van der Waals surface area contributed by atoms with Crippen molar-refractivity contribution in [3.8, 4) is 0 Å². The van der Waals surface area contributed by atoms with Crippen LogP contribution in [-0.4, -0.2) is 32.9 Å². The summed E-state index contributed by atoms with van der Waals surface area (Å²) in [6.07, 6.45) is 1.20. The van der Waals surface area contributed by atoms with Gasteiger partial charge in [-0.25, -0.2) is 8.42 Å². The van der Waals surface area contributed by atoms with Crippen LogP contribution in [0.5, 0.6) is 0 Å². The standard InChI is InChI=1S/C12H19NO3S/c1-3-11-5-7-12(8-6-11)13(2)17(15,16)10-4-9-14/h5-8,14H,3-4,9-10H2,1-2H3. The molecule has 0 aliphatic carbocycles. The molecule has 5 heteroatoms. The highest BCUT2D eigenvalue weighted by atomic mass is 32.2. The molecular weight excluding hydrogens is 238 g/mol. The highest BCUT2D eigenvalue weighted by molar-refractivity contribution is 7.92. The third-order valence-electron chi connectivity index (χ3n) is 2.69. The Morgan fingerprint density at radius 2 is 1.82 bits per heavy atom. The van der Waals surface area contributed by atoms with Gasteiger partial charge in [0.15, 0.2) is 0 Å². The highest BCUT2D eigenvalue weighted by Gasteiger charge is 2.17. The summed E-state index contributed by atoms with van der Waals surface area (Å²) < 4.78 is 25.0. The summed E-state index contributed by atoms with van der Waals surface area (Å²) in [6.45, 7) is 1.94. The largest absolute Gasteiger partial charge is 0.396 e. The molecule has 17 heavy (non-hydrogen) atoms. The Balaban J connectivity index is 2.84. The van der Waals surface area contributed by atoms with Crippen molar-refractivity contribution < 1.29 is 13.5 Å². The lowest BCUT2D eigenvalue weighted by atomic mass is 10.1. The lowest BCUT2D eigenvalue weighted by Crippen LogP contribution is -2.29. The first-order chi connectivity index (χ1) is 8.01. The molecule has 0 aliphatic heterocycles. The molecule has 0 aromatic heterocycles. The Morgan fingerprint density at radius 1 is 1.24 bits per heavy atom. The number of hydrogen-bond acceptors (Lipinski definition) is 3. The van der Waals surface area contributed by atoms with Crippen LogP contribution in [0.15, 0.2) is 24.3 Å². The molecule has 0 amide bonds. The van der Waals surface area contributed by atoms with E-state index in [0.717, 1.165) is 6.42 Å². The summed E-state index contributed by atoms with van der Waals surface area (Å²) in [7, 11) is -1.79. The van der Waals surface area contributed by atoms with Gasteiger partial charge in [-0.15, -0.1) is 0 Å². The molecule has 0 radical (unpaired) electrons. The third-order valence-corrected chi connectivity index (χ3v) is 4.54. The second kappa shape index (κ2) is 6.02. The second-order valence-corrected chi connectivity index (χ2v) is 6.00. The van der Waals surface area contributed by atoms with Gasteiger partial charge in [-0.3, -0.25) is 4.31 Å². The first-order valence-electron chi connectivity index (χ1n) is 5.67. The topological polar surface area (TPSA) is 57.6 Å². The molecule has 0 spiro atoms. The van der Waals surface area contributed by atoms with Crippen molar-refractivity contribution in [1.82, 2.24) is 0 Å². The molecule has 0 heterocycles. The van der Waals surface area contributed by atoms with Crippen LogP contribution >= 0.6 is 0 Å². The summed E-state index contributed by atoms with van der Waals surface area (Å²) in [5.74, 6) is -0.0322. The number of nitrogens with zero attached hydrogens (tertiary/aromatic N) is 1. The van der Waals surface area contributed by atoms with Crippen LogP contribution in [-0.2, 0) is 16.4 Å². The highest BCUT2D eigenvalue weighted by Crippen LogP contribution is 2.17. The molecule has 0 unspecified atom stereocenters. The zero-order valence-electron chi connectivity index (χ0n) is 10.3. The Bertz CT molecular complexity index is 439. The van der Waals surface area contributed by atoms with Gasteiger partial charge in [-0.2, -0.15) is 0 Å². The summed E-state index contributed by atoms with van der Waals surface area (Å²) in [4.78, 5) is 0. The van der Waals surface area contributed by atoms with Gasteiger partial charge in [-0.05, 0) is 30.5 Å². The fourth-order valence-electron chi connectivity index (χ4n) is 1.49. The van der Waals surface area contributed by atoms with Crippen LogP contribution < -0.4 is 4.31 Å². The van der Waals surface area contributed by atoms with Crippen LogP contribution in [0.4, 0.5) is 5.69 Å². The quantitative estimate of drug-likeness (QED) is 0.838. The van der Waals surface area contributed by atoms with E-state index in [9.17, 15) is 8.42 Å². The third kappa shape index (κ3) is 3.71. The monoisotopic (exact) mass is 257 g/mol. The van der Waals surface area contributed by atoms with Crippen molar-refractivity contribution in [3.63, 3.8) is 0 Å². The minimum atomic E-state index is -3.32. The molecular formula is C12H19NO3S. The minimum Gasteiger partial charge on any atom is -0.396 e. The van der Waals surface area contributed by atoms with Crippen molar-refractivity contribution >= 4 is 15.7 Å². The molecule has 0 fully saturated rings. The van der Waals surface area contributed by atoms with Gasteiger partial charge < -0.3 is 5.11 Å². The van der Waals surface area contributed by atoms with Gasteiger partial charge in [0.25, 0.3) is 0 Å². The molecule has 4 nitrogen and oxygen atoms in total. The number of anilines is 1. The molecule has 1 N–H and O–H groups in total. The number of hydrogen-bond donors (Lipinski definition) is 1. The van der Waals surface area contributed by atoms with Crippen LogP contribution in [0.25, 0.3) is 0 Å². The second-order valence-electron chi connectivity index (χ2n) is 3.88. The molecule has 0 atom stereocenters. The van der Waals surface area contributed by atoms with Crippen LogP contribution in [0.1, 0.15) is 18.9 Å². The van der Waals surface area contributed by atoms with E-state index in [0.29, 0.717) is 5.69 Å². The number of benzene rings is 1. The van der Waals surface area contributed by atoms with Crippen LogP contribution in [0.2, 0.25) is 0 Å². The number of sulfonamides is 1. The Hall–Kier alpha value is -1.07. The fraction of sp³-hybridized carbons (Fsp3) is 0.500.